The lowest BCUT2D eigenvalue weighted by Gasteiger charge is -1.90. The molecule has 64 valence electrons. The van der Waals surface area contributed by atoms with E-state index in [-0.39, 0.29) is 21.8 Å². The maximum atomic E-state index is 11.1. The number of hydrogen-bond acceptors (Lipinski definition) is 4. The standard InChI is InChI=1S/C8H5N3O2/c9-5-1-3-4(2-6(5)10)8(13)11-7(3)12/h1-2,9-10H,(H,11,12,13). The second kappa shape index (κ2) is 2.22. The van der Waals surface area contributed by atoms with Gasteiger partial charge in [0.1, 0.15) is 0 Å². The number of benzene rings is 1. The van der Waals surface area contributed by atoms with Crippen molar-refractivity contribution in [3.05, 3.63) is 43.6 Å². The zero-order valence-electron chi connectivity index (χ0n) is 6.47. The predicted octanol–water partition coefficient (Wildman–Crippen LogP) is -1.33. The van der Waals surface area contributed by atoms with Crippen LogP contribution in [0.25, 0.3) is 11.1 Å². The van der Waals surface area contributed by atoms with E-state index in [0.29, 0.717) is 0 Å². The molecule has 0 fully saturated rings. The molecule has 0 bridgehead atoms. The van der Waals surface area contributed by atoms with Gasteiger partial charge in [0.05, 0.1) is 21.8 Å². The SMILES string of the molecule is N=c1cc2c(=O)[nH]c(=O)c-2cc1=N. The molecular weight excluding hydrogens is 170 g/mol. The first-order valence-electron chi connectivity index (χ1n) is 3.56. The Morgan fingerprint density at radius 2 is 1.31 bits per heavy atom. The van der Waals surface area contributed by atoms with Crippen LogP contribution in [0.2, 0.25) is 0 Å². The summed E-state index contributed by atoms with van der Waals surface area (Å²) in [4.78, 5) is 24.2. The van der Waals surface area contributed by atoms with Crippen LogP contribution in [0.5, 0.6) is 0 Å². The maximum Gasteiger partial charge on any atom is 0.259 e. The van der Waals surface area contributed by atoms with Crippen LogP contribution in [0.3, 0.4) is 0 Å². The van der Waals surface area contributed by atoms with Crippen molar-refractivity contribution in [3.8, 4) is 11.1 Å². The Balaban J connectivity index is 3.17. The molecule has 5 heteroatoms. The van der Waals surface area contributed by atoms with Crippen molar-refractivity contribution in [3.63, 3.8) is 0 Å². The molecule has 0 radical (unpaired) electrons. The Morgan fingerprint density at radius 3 is 1.69 bits per heavy atom. The van der Waals surface area contributed by atoms with E-state index in [9.17, 15) is 9.59 Å². The zero-order valence-corrected chi connectivity index (χ0v) is 6.47. The van der Waals surface area contributed by atoms with E-state index in [4.69, 9.17) is 10.8 Å². The summed E-state index contributed by atoms with van der Waals surface area (Å²) in [6.45, 7) is 0. The third-order valence-electron chi connectivity index (χ3n) is 1.87. The van der Waals surface area contributed by atoms with E-state index in [1.807, 2.05) is 0 Å². The van der Waals surface area contributed by atoms with Crippen molar-refractivity contribution < 1.29 is 0 Å². The van der Waals surface area contributed by atoms with Crippen molar-refractivity contribution in [2.45, 2.75) is 0 Å². The van der Waals surface area contributed by atoms with Gasteiger partial charge in [0.2, 0.25) is 0 Å². The van der Waals surface area contributed by atoms with Crippen LogP contribution < -0.4 is 21.8 Å². The number of nitrogens with one attached hydrogen (secondary N) is 3. The average Bonchev–Trinajstić information content (AvgIpc) is 2.31. The summed E-state index contributed by atoms with van der Waals surface area (Å²) in [5.74, 6) is 0. The Labute approximate surface area is 71.4 Å². The van der Waals surface area contributed by atoms with Gasteiger partial charge in [0, 0.05) is 0 Å². The smallest absolute Gasteiger partial charge is 0.259 e. The molecule has 1 aliphatic carbocycles. The number of aromatic nitrogens is 1. The summed E-state index contributed by atoms with van der Waals surface area (Å²) in [6, 6.07) is 2.47. The van der Waals surface area contributed by atoms with Gasteiger partial charge in [-0.15, -0.1) is 0 Å². The molecular formula is C8H5N3O2. The Kier molecular flexibility index (Phi) is 1.30. The van der Waals surface area contributed by atoms with Gasteiger partial charge in [-0.3, -0.25) is 25.4 Å². The predicted molar refractivity (Wildman–Crippen MR) is 44.0 cm³/mol. The zero-order chi connectivity index (χ0) is 9.59. The van der Waals surface area contributed by atoms with E-state index < -0.39 is 11.1 Å². The summed E-state index contributed by atoms with van der Waals surface area (Å²) in [6.07, 6.45) is 0. The number of H-pyrrole nitrogens is 1. The number of rotatable bonds is 0. The van der Waals surface area contributed by atoms with Gasteiger partial charge >= 0.3 is 0 Å². The topological polar surface area (TPSA) is 97.6 Å². The highest BCUT2D eigenvalue weighted by atomic mass is 16.2. The second-order valence-electron chi connectivity index (χ2n) is 2.73. The highest BCUT2D eigenvalue weighted by Gasteiger charge is 2.12. The summed E-state index contributed by atoms with van der Waals surface area (Å²) in [5.41, 5.74) is -0.612. The van der Waals surface area contributed by atoms with Crippen LogP contribution in [0.4, 0.5) is 0 Å². The summed E-state index contributed by atoms with van der Waals surface area (Å²) in [7, 11) is 0. The fourth-order valence-electron chi connectivity index (χ4n) is 1.21. The maximum absolute atomic E-state index is 11.1. The summed E-state index contributed by atoms with van der Waals surface area (Å²) < 4.78 is 0. The Bertz CT molecular complexity index is 576. The van der Waals surface area contributed by atoms with Gasteiger partial charge in [-0.1, -0.05) is 0 Å². The molecule has 0 aromatic heterocycles. The van der Waals surface area contributed by atoms with Crippen LogP contribution >= 0.6 is 0 Å². The van der Waals surface area contributed by atoms with Crippen LogP contribution in [0.1, 0.15) is 0 Å². The molecule has 0 amide bonds. The molecule has 1 aliphatic heterocycles. The quantitative estimate of drug-likeness (QED) is 0.462. The first-order chi connectivity index (χ1) is 6.09. The number of fused-ring (bicyclic) bond motifs is 1. The van der Waals surface area contributed by atoms with Crippen LogP contribution in [0.15, 0.2) is 21.7 Å². The minimum atomic E-state index is -0.492. The molecule has 2 aliphatic rings. The minimum Gasteiger partial charge on any atom is -0.299 e. The average molecular weight is 175 g/mol. The molecule has 2 rings (SSSR count). The third kappa shape index (κ3) is 0.936. The van der Waals surface area contributed by atoms with Gasteiger partial charge in [0.25, 0.3) is 11.1 Å². The third-order valence-corrected chi connectivity index (χ3v) is 1.87. The summed E-state index contributed by atoms with van der Waals surface area (Å²) >= 11 is 0. The Morgan fingerprint density at radius 1 is 0.923 bits per heavy atom. The molecule has 0 saturated heterocycles. The van der Waals surface area contributed by atoms with Gasteiger partial charge in [-0.25, -0.2) is 0 Å². The van der Waals surface area contributed by atoms with Gasteiger partial charge in [0.15, 0.2) is 0 Å². The first kappa shape index (κ1) is 7.60. The molecule has 0 unspecified atom stereocenters. The molecule has 0 aromatic carbocycles. The largest absolute Gasteiger partial charge is 0.299 e. The van der Waals surface area contributed by atoms with Crippen molar-refractivity contribution in [1.29, 1.82) is 10.8 Å². The molecule has 1 heterocycles. The van der Waals surface area contributed by atoms with Crippen molar-refractivity contribution in [1.82, 2.24) is 4.98 Å². The lowest BCUT2D eigenvalue weighted by atomic mass is 10.1. The van der Waals surface area contributed by atoms with E-state index in [2.05, 4.69) is 4.98 Å². The lowest BCUT2D eigenvalue weighted by molar-refractivity contribution is 1.13. The minimum absolute atomic E-state index is 0.0522. The lowest BCUT2D eigenvalue weighted by Crippen LogP contribution is -2.24. The normalized spacial score (nSPS) is 10.8. The second-order valence-corrected chi connectivity index (χ2v) is 2.73. The summed E-state index contributed by atoms with van der Waals surface area (Å²) in [5, 5.41) is 14.4. The molecule has 0 atom stereocenters. The molecule has 5 nitrogen and oxygen atoms in total. The highest BCUT2D eigenvalue weighted by molar-refractivity contribution is 5.62. The number of aromatic amines is 1. The highest BCUT2D eigenvalue weighted by Crippen LogP contribution is 2.05. The van der Waals surface area contributed by atoms with E-state index in [0.717, 1.165) is 0 Å². The fraction of sp³-hybridized carbons (Fsp3) is 0. The van der Waals surface area contributed by atoms with E-state index in [1.165, 1.54) is 12.1 Å². The van der Waals surface area contributed by atoms with E-state index >= 15 is 0 Å². The van der Waals surface area contributed by atoms with Crippen LogP contribution in [-0.4, -0.2) is 4.98 Å². The molecule has 0 saturated carbocycles. The van der Waals surface area contributed by atoms with Crippen molar-refractivity contribution >= 4 is 0 Å². The number of hydrogen-bond donors (Lipinski definition) is 3. The fourth-order valence-corrected chi connectivity index (χ4v) is 1.21. The van der Waals surface area contributed by atoms with E-state index in [1.54, 1.807) is 0 Å². The first-order valence-corrected chi connectivity index (χ1v) is 3.56. The molecule has 0 aromatic rings. The van der Waals surface area contributed by atoms with Crippen molar-refractivity contribution in [2.75, 3.05) is 0 Å². The molecule has 0 spiro atoms. The van der Waals surface area contributed by atoms with Gasteiger partial charge in [-0.2, -0.15) is 0 Å². The van der Waals surface area contributed by atoms with Crippen LogP contribution in [0, 0.1) is 10.8 Å². The van der Waals surface area contributed by atoms with Gasteiger partial charge in [-0.05, 0) is 12.1 Å². The monoisotopic (exact) mass is 175 g/mol. The van der Waals surface area contributed by atoms with Crippen molar-refractivity contribution in [2.24, 2.45) is 0 Å². The Hall–Kier alpha value is -2.04. The molecule has 3 N–H and O–H groups in total. The van der Waals surface area contributed by atoms with Crippen LogP contribution in [-0.2, 0) is 0 Å². The van der Waals surface area contributed by atoms with Gasteiger partial charge < -0.3 is 0 Å². The molecule has 13 heavy (non-hydrogen) atoms.